The molecule has 0 saturated carbocycles. The highest BCUT2D eigenvalue weighted by molar-refractivity contribution is 14.0. The summed E-state index contributed by atoms with van der Waals surface area (Å²) < 4.78 is 0. The zero-order chi connectivity index (χ0) is 12.1. The van der Waals surface area contributed by atoms with Crippen LogP contribution in [0, 0.1) is 0 Å². The maximum atomic E-state index is 4.50. The highest BCUT2D eigenvalue weighted by atomic mass is 127. The molecule has 0 amide bonds. The summed E-state index contributed by atoms with van der Waals surface area (Å²) in [6, 6.07) is 10.4. The molecule has 2 rings (SSSR count). The van der Waals surface area contributed by atoms with Crippen LogP contribution in [-0.2, 0) is 0 Å². The number of guanidine groups is 1. The highest BCUT2D eigenvalue weighted by Gasteiger charge is 2.17. The van der Waals surface area contributed by atoms with Crippen LogP contribution in [0.2, 0.25) is 0 Å². The Hall–Kier alpha value is -0.820. The van der Waals surface area contributed by atoms with Crippen LogP contribution < -0.4 is 10.2 Å². The maximum Gasteiger partial charge on any atom is 0.198 e. The first kappa shape index (κ1) is 15.2. The van der Waals surface area contributed by atoms with E-state index in [-0.39, 0.29) is 24.0 Å². The molecule has 100 valence electrons. The molecule has 1 heterocycles. The summed E-state index contributed by atoms with van der Waals surface area (Å²) in [6.45, 7) is 3.78. The number of benzene rings is 1. The Labute approximate surface area is 126 Å². The van der Waals surface area contributed by atoms with E-state index in [1.54, 1.807) is 0 Å². The second kappa shape index (κ2) is 7.58. The molecule has 0 spiro atoms. The van der Waals surface area contributed by atoms with Crippen molar-refractivity contribution in [3.63, 3.8) is 0 Å². The van der Waals surface area contributed by atoms with Gasteiger partial charge >= 0.3 is 0 Å². The van der Waals surface area contributed by atoms with Gasteiger partial charge in [0.1, 0.15) is 0 Å². The topological polar surface area (TPSA) is 30.9 Å². The Bertz CT molecular complexity index is 378. The normalized spacial score (nSPS) is 14.4. The Kier molecular flexibility index (Phi) is 6.42. The van der Waals surface area contributed by atoms with Gasteiger partial charge in [0.25, 0.3) is 0 Å². The lowest BCUT2D eigenvalue weighted by Gasteiger charge is -2.21. The van der Waals surface area contributed by atoms with E-state index in [9.17, 15) is 0 Å². The molecule has 5 heteroatoms. The zero-order valence-electron chi connectivity index (χ0n) is 11.0. The Morgan fingerprint density at radius 2 is 2.00 bits per heavy atom. The molecule has 0 aliphatic carbocycles. The van der Waals surface area contributed by atoms with Crippen molar-refractivity contribution in [1.29, 1.82) is 0 Å². The number of aliphatic imine (C=N–C) groups is 1. The number of anilines is 1. The summed E-state index contributed by atoms with van der Waals surface area (Å²) in [4.78, 5) is 8.90. The Morgan fingerprint density at radius 1 is 1.28 bits per heavy atom. The van der Waals surface area contributed by atoms with E-state index in [4.69, 9.17) is 0 Å². The molecule has 0 atom stereocenters. The number of hydrogen-bond acceptors (Lipinski definition) is 4. The molecule has 1 N–H and O–H groups in total. The van der Waals surface area contributed by atoms with Crippen LogP contribution in [0.3, 0.4) is 0 Å². The van der Waals surface area contributed by atoms with E-state index in [1.807, 2.05) is 6.07 Å². The molecule has 1 aliphatic heterocycles. The fourth-order valence-electron chi connectivity index (χ4n) is 1.85. The van der Waals surface area contributed by atoms with E-state index >= 15 is 0 Å². The van der Waals surface area contributed by atoms with Crippen molar-refractivity contribution in [2.45, 2.75) is 0 Å². The van der Waals surface area contributed by atoms with Crippen molar-refractivity contribution in [2.75, 3.05) is 45.2 Å². The lowest BCUT2D eigenvalue weighted by Crippen LogP contribution is -2.41. The predicted octanol–water partition coefficient (Wildman–Crippen LogP) is 1.63. The molecule has 0 bridgehead atoms. The smallest absolute Gasteiger partial charge is 0.198 e. The monoisotopic (exact) mass is 360 g/mol. The van der Waals surface area contributed by atoms with E-state index in [0.717, 1.165) is 32.1 Å². The minimum Gasteiger partial charge on any atom is -0.355 e. The van der Waals surface area contributed by atoms with Gasteiger partial charge in [-0.2, -0.15) is 0 Å². The summed E-state index contributed by atoms with van der Waals surface area (Å²) in [5.74, 6) is 0.998. The van der Waals surface area contributed by atoms with E-state index in [1.165, 1.54) is 5.69 Å². The molecule has 18 heavy (non-hydrogen) atoms. The number of hydrogen-bond donors (Lipinski definition) is 1. The number of halogens is 1. The first-order valence-electron chi connectivity index (χ1n) is 6.03. The van der Waals surface area contributed by atoms with Gasteiger partial charge in [0.2, 0.25) is 0 Å². The second-order valence-corrected chi connectivity index (χ2v) is 4.42. The highest BCUT2D eigenvalue weighted by Crippen LogP contribution is 2.15. The third kappa shape index (κ3) is 4.13. The molecule has 0 fully saturated rings. The van der Waals surface area contributed by atoms with Crippen molar-refractivity contribution < 1.29 is 0 Å². The van der Waals surface area contributed by atoms with Gasteiger partial charge in [0, 0.05) is 25.3 Å². The summed E-state index contributed by atoms with van der Waals surface area (Å²) in [7, 11) is 4.15. The molecule has 0 unspecified atom stereocenters. The average molecular weight is 360 g/mol. The lowest BCUT2D eigenvalue weighted by molar-refractivity contribution is 0.412. The van der Waals surface area contributed by atoms with Crippen LogP contribution in [0.15, 0.2) is 35.3 Å². The molecule has 0 saturated heterocycles. The number of para-hydroxylation sites is 1. The van der Waals surface area contributed by atoms with Gasteiger partial charge in [-0.3, -0.25) is 4.99 Å². The zero-order valence-corrected chi connectivity index (χ0v) is 13.3. The van der Waals surface area contributed by atoms with Crippen LogP contribution >= 0.6 is 24.0 Å². The third-order valence-corrected chi connectivity index (χ3v) is 2.75. The van der Waals surface area contributed by atoms with Gasteiger partial charge in [0.15, 0.2) is 5.96 Å². The molecule has 1 aliphatic rings. The molecular weight excluding hydrogens is 339 g/mol. The van der Waals surface area contributed by atoms with Crippen LogP contribution in [0.5, 0.6) is 0 Å². The van der Waals surface area contributed by atoms with Crippen LogP contribution in [0.1, 0.15) is 0 Å². The molecule has 0 radical (unpaired) electrons. The van der Waals surface area contributed by atoms with Crippen molar-refractivity contribution >= 4 is 35.6 Å². The van der Waals surface area contributed by atoms with Gasteiger partial charge in [-0.1, -0.05) is 18.2 Å². The largest absolute Gasteiger partial charge is 0.355 e. The molecule has 1 aromatic rings. The number of nitrogens with one attached hydrogen (secondary N) is 1. The van der Waals surface area contributed by atoms with Gasteiger partial charge in [0.05, 0.1) is 6.54 Å². The molecular formula is C13H21IN4. The van der Waals surface area contributed by atoms with Gasteiger partial charge in [-0.25, -0.2) is 0 Å². The predicted molar refractivity (Wildman–Crippen MR) is 88.1 cm³/mol. The summed E-state index contributed by atoms with van der Waals surface area (Å²) in [6.07, 6.45) is 0. The lowest BCUT2D eigenvalue weighted by atomic mass is 10.3. The van der Waals surface area contributed by atoms with Crippen LogP contribution in [0.25, 0.3) is 0 Å². The van der Waals surface area contributed by atoms with E-state index in [0.29, 0.717) is 0 Å². The number of nitrogens with zero attached hydrogens (tertiary/aromatic N) is 3. The molecule has 1 aromatic carbocycles. The minimum absolute atomic E-state index is 0. The quantitative estimate of drug-likeness (QED) is 0.829. The van der Waals surface area contributed by atoms with Gasteiger partial charge in [-0.15, -0.1) is 24.0 Å². The number of likely N-dealkylation sites (N-methyl/N-ethyl adjacent to an activating group) is 1. The van der Waals surface area contributed by atoms with Gasteiger partial charge in [-0.05, 0) is 26.2 Å². The van der Waals surface area contributed by atoms with Crippen LogP contribution in [0.4, 0.5) is 5.69 Å². The minimum atomic E-state index is 0. The van der Waals surface area contributed by atoms with E-state index in [2.05, 4.69) is 58.5 Å². The Balaban J connectivity index is 0.00000162. The molecule has 0 aromatic heterocycles. The summed E-state index contributed by atoms with van der Waals surface area (Å²) >= 11 is 0. The van der Waals surface area contributed by atoms with Crippen molar-refractivity contribution in [3.8, 4) is 0 Å². The van der Waals surface area contributed by atoms with E-state index < -0.39 is 0 Å². The SMILES string of the molecule is CN(C)CCNC1=NCCN1c1ccccc1.I. The van der Waals surface area contributed by atoms with Crippen molar-refractivity contribution in [1.82, 2.24) is 10.2 Å². The Morgan fingerprint density at radius 3 is 2.67 bits per heavy atom. The fourth-order valence-corrected chi connectivity index (χ4v) is 1.85. The van der Waals surface area contributed by atoms with Crippen molar-refractivity contribution in [2.24, 2.45) is 4.99 Å². The first-order valence-corrected chi connectivity index (χ1v) is 6.03. The van der Waals surface area contributed by atoms with Gasteiger partial charge < -0.3 is 15.1 Å². The standard InChI is InChI=1S/C13H20N4.HI/c1-16(2)10-8-14-13-15-9-11-17(13)12-6-4-3-5-7-12;/h3-7H,8-11H2,1-2H3,(H,14,15);1H. The average Bonchev–Trinajstić information content (AvgIpc) is 2.78. The number of rotatable bonds is 4. The van der Waals surface area contributed by atoms with Crippen LogP contribution in [-0.4, -0.2) is 51.1 Å². The van der Waals surface area contributed by atoms with Crippen molar-refractivity contribution in [3.05, 3.63) is 30.3 Å². The first-order chi connectivity index (χ1) is 8.27. The second-order valence-electron chi connectivity index (χ2n) is 4.42. The fraction of sp³-hybridized carbons (Fsp3) is 0.462. The third-order valence-electron chi connectivity index (χ3n) is 2.75. The summed E-state index contributed by atoms with van der Waals surface area (Å²) in [5.41, 5.74) is 1.21. The molecule has 4 nitrogen and oxygen atoms in total. The summed E-state index contributed by atoms with van der Waals surface area (Å²) in [5, 5.41) is 3.40. The maximum absolute atomic E-state index is 4.50.